The molecule has 2 N–H and O–H groups in total. The molecule has 0 bridgehead atoms. The SMILES string of the molecule is CCOc1ccccc1C(=O)NCC(=O)O[C@H](C)C(=O)Nc1cccc(Cl)c1. The van der Waals surface area contributed by atoms with E-state index in [2.05, 4.69) is 10.6 Å². The van der Waals surface area contributed by atoms with Crippen molar-refractivity contribution in [1.82, 2.24) is 5.32 Å². The molecule has 0 aliphatic carbocycles. The fourth-order valence-corrected chi connectivity index (χ4v) is 2.48. The first kappa shape index (κ1) is 21.2. The number of para-hydroxylation sites is 1. The quantitative estimate of drug-likeness (QED) is 0.659. The second kappa shape index (κ2) is 10.3. The van der Waals surface area contributed by atoms with Crippen molar-refractivity contribution in [2.24, 2.45) is 0 Å². The molecule has 0 aromatic heterocycles. The summed E-state index contributed by atoms with van der Waals surface area (Å²) in [6, 6.07) is 13.3. The number of carbonyl (C=O) groups is 3. The maximum Gasteiger partial charge on any atom is 0.326 e. The van der Waals surface area contributed by atoms with Crippen molar-refractivity contribution >= 4 is 35.1 Å². The van der Waals surface area contributed by atoms with Gasteiger partial charge in [-0.1, -0.05) is 29.8 Å². The molecule has 2 rings (SSSR count). The van der Waals surface area contributed by atoms with E-state index in [0.717, 1.165) is 0 Å². The Morgan fingerprint density at radius 2 is 1.86 bits per heavy atom. The van der Waals surface area contributed by atoms with Crippen LogP contribution in [0.3, 0.4) is 0 Å². The van der Waals surface area contributed by atoms with Crippen LogP contribution < -0.4 is 15.4 Å². The van der Waals surface area contributed by atoms with Crippen molar-refractivity contribution < 1.29 is 23.9 Å². The van der Waals surface area contributed by atoms with Crippen LogP contribution in [0.4, 0.5) is 5.69 Å². The highest BCUT2D eigenvalue weighted by Gasteiger charge is 2.19. The molecule has 7 nitrogen and oxygen atoms in total. The number of esters is 1. The summed E-state index contributed by atoms with van der Waals surface area (Å²) in [7, 11) is 0. The molecule has 0 saturated carbocycles. The van der Waals surface area contributed by atoms with Crippen LogP contribution >= 0.6 is 11.6 Å². The zero-order valence-corrected chi connectivity index (χ0v) is 16.3. The number of benzene rings is 2. The fraction of sp³-hybridized carbons (Fsp3) is 0.250. The highest BCUT2D eigenvalue weighted by molar-refractivity contribution is 6.30. The van der Waals surface area contributed by atoms with Crippen molar-refractivity contribution in [1.29, 1.82) is 0 Å². The highest BCUT2D eigenvalue weighted by atomic mass is 35.5. The molecule has 0 saturated heterocycles. The summed E-state index contributed by atoms with van der Waals surface area (Å²) in [6.45, 7) is 3.27. The normalized spacial score (nSPS) is 11.2. The Morgan fingerprint density at radius 3 is 2.57 bits per heavy atom. The number of halogens is 1. The Bertz CT molecular complexity index is 856. The van der Waals surface area contributed by atoms with Gasteiger partial charge in [-0.05, 0) is 44.2 Å². The molecule has 0 fully saturated rings. The van der Waals surface area contributed by atoms with Gasteiger partial charge in [0.05, 0.1) is 12.2 Å². The third-order valence-electron chi connectivity index (χ3n) is 3.59. The summed E-state index contributed by atoms with van der Waals surface area (Å²) in [6.07, 6.45) is -1.04. The molecular weight excluding hydrogens is 384 g/mol. The number of hydrogen-bond donors (Lipinski definition) is 2. The van der Waals surface area contributed by atoms with E-state index < -0.39 is 23.9 Å². The molecular formula is C20H21ClN2O5. The molecule has 2 amide bonds. The van der Waals surface area contributed by atoms with E-state index in [0.29, 0.717) is 28.6 Å². The number of hydrogen-bond acceptors (Lipinski definition) is 5. The third kappa shape index (κ3) is 6.28. The summed E-state index contributed by atoms with van der Waals surface area (Å²) in [4.78, 5) is 36.3. The lowest BCUT2D eigenvalue weighted by Crippen LogP contribution is -2.36. The zero-order chi connectivity index (χ0) is 20.5. The van der Waals surface area contributed by atoms with Gasteiger partial charge >= 0.3 is 5.97 Å². The summed E-state index contributed by atoms with van der Waals surface area (Å²) in [5.74, 6) is -1.30. The molecule has 0 spiro atoms. The number of anilines is 1. The second-order valence-corrected chi connectivity index (χ2v) is 6.18. The van der Waals surface area contributed by atoms with E-state index in [1.54, 1.807) is 48.5 Å². The standard InChI is InChI=1S/C20H21ClN2O5/c1-3-27-17-10-5-4-9-16(17)20(26)22-12-18(24)28-13(2)19(25)23-15-8-6-7-14(21)11-15/h4-11,13H,3,12H2,1-2H3,(H,22,26)(H,23,25)/t13-/m1/s1. The van der Waals surface area contributed by atoms with Crippen LogP contribution in [0.15, 0.2) is 48.5 Å². The smallest absolute Gasteiger partial charge is 0.326 e. The number of ether oxygens (including phenoxy) is 2. The van der Waals surface area contributed by atoms with Gasteiger partial charge < -0.3 is 20.1 Å². The molecule has 0 aliphatic heterocycles. The highest BCUT2D eigenvalue weighted by Crippen LogP contribution is 2.18. The maximum absolute atomic E-state index is 12.2. The first-order chi connectivity index (χ1) is 13.4. The summed E-state index contributed by atoms with van der Waals surface area (Å²) < 4.78 is 10.4. The van der Waals surface area contributed by atoms with Crippen molar-refractivity contribution in [3.8, 4) is 5.75 Å². The van der Waals surface area contributed by atoms with E-state index >= 15 is 0 Å². The Balaban J connectivity index is 1.84. The van der Waals surface area contributed by atoms with Crippen LogP contribution in [-0.2, 0) is 14.3 Å². The Kier molecular flexibility index (Phi) is 7.83. The van der Waals surface area contributed by atoms with Crippen LogP contribution in [0.2, 0.25) is 5.02 Å². The number of rotatable bonds is 8. The molecule has 28 heavy (non-hydrogen) atoms. The lowest BCUT2D eigenvalue weighted by Gasteiger charge is -2.14. The predicted molar refractivity (Wildman–Crippen MR) is 106 cm³/mol. The molecule has 2 aromatic carbocycles. The van der Waals surface area contributed by atoms with Gasteiger partial charge in [0.2, 0.25) is 0 Å². The number of carbonyl (C=O) groups excluding carboxylic acids is 3. The van der Waals surface area contributed by atoms with Crippen LogP contribution in [0, 0.1) is 0 Å². The number of amides is 2. The van der Waals surface area contributed by atoms with Gasteiger partial charge in [0, 0.05) is 10.7 Å². The monoisotopic (exact) mass is 404 g/mol. The van der Waals surface area contributed by atoms with Crippen molar-refractivity contribution in [3.05, 3.63) is 59.1 Å². The van der Waals surface area contributed by atoms with E-state index in [-0.39, 0.29) is 6.54 Å². The topological polar surface area (TPSA) is 93.7 Å². The maximum atomic E-state index is 12.2. The first-order valence-corrected chi connectivity index (χ1v) is 9.04. The Labute approximate surface area is 168 Å². The molecule has 0 heterocycles. The minimum Gasteiger partial charge on any atom is -0.493 e. The van der Waals surface area contributed by atoms with Gasteiger partial charge in [-0.3, -0.25) is 14.4 Å². The summed E-state index contributed by atoms with van der Waals surface area (Å²) in [5.41, 5.74) is 0.796. The third-order valence-corrected chi connectivity index (χ3v) is 3.83. The minimum atomic E-state index is -1.04. The lowest BCUT2D eigenvalue weighted by atomic mass is 10.2. The van der Waals surface area contributed by atoms with Gasteiger partial charge in [-0.25, -0.2) is 0 Å². The zero-order valence-electron chi connectivity index (χ0n) is 15.5. The van der Waals surface area contributed by atoms with Crippen molar-refractivity contribution in [2.45, 2.75) is 20.0 Å². The predicted octanol–water partition coefficient (Wildman–Crippen LogP) is 3.04. The molecule has 8 heteroatoms. The van der Waals surface area contributed by atoms with Gasteiger partial charge in [-0.15, -0.1) is 0 Å². The van der Waals surface area contributed by atoms with E-state index in [4.69, 9.17) is 21.1 Å². The summed E-state index contributed by atoms with van der Waals surface area (Å²) >= 11 is 5.86. The first-order valence-electron chi connectivity index (χ1n) is 8.66. The van der Waals surface area contributed by atoms with Gasteiger partial charge in [0.1, 0.15) is 12.3 Å². The minimum absolute atomic E-state index is 0.309. The van der Waals surface area contributed by atoms with E-state index in [1.165, 1.54) is 6.92 Å². The molecule has 0 aliphatic rings. The lowest BCUT2D eigenvalue weighted by molar-refractivity contribution is -0.152. The fourth-order valence-electron chi connectivity index (χ4n) is 2.29. The molecule has 2 aromatic rings. The Hall–Kier alpha value is -3.06. The van der Waals surface area contributed by atoms with Crippen LogP contribution in [-0.4, -0.2) is 37.0 Å². The van der Waals surface area contributed by atoms with Crippen molar-refractivity contribution in [2.75, 3.05) is 18.5 Å². The van der Waals surface area contributed by atoms with Gasteiger partial charge in [0.15, 0.2) is 6.10 Å². The number of nitrogens with one attached hydrogen (secondary N) is 2. The van der Waals surface area contributed by atoms with E-state index in [9.17, 15) is 14.4 Å². The molecule has 0 unspecified atom stereocenters. The largest absolute Gasteiger partial charge is 0.493 e. The van der Waals surface area contributed by atoms with Crippen LogP contribution in [0.25, 0.3) is 0 Å². The Morgan fingerprint density at radius 1 is 1.11 bits per heavy atom. The van der Waals surface area contributed by atoms with Crippen LogP contribution in [0.1, 0.15) is 24.2 Å². The molecule has 148 valence electrons. The summed E-state index contributed by atoms with van der Waals surface area (Å²) in [5, 5.41) is 5.52. The average Bonchev–Trinajstić information content (AvgIpc) is 2.66. The average molecular weight is 405 g/mol. The van der Waals surface area contributed by atoms with E-state index in [1.807, 2.05) is 6.92 Å². The van der Waals surface area contributed by atoms with Crippen molar-refractivity contribution in [3.63, 3.8) is 0 Å². The van der Waals surface area contributed by atoms with Crippen LogP contribution in [0.5, 0.6) is 5.75 Å². The molecule has 0 radical (unpaired) electrons. The van der Waals surface area contributed by atoms with Gasteiger partial charge in [-0.2, -0.15) is 0 Å². The van der Waals surface area contributed by atoms with Gasteiger partial charge in [0.25, 0.3) is 11.8 Å². The second-order valence-electron chi connectivity index (χ2n) is 5.74. The molecule has 1 atom stereocenters.